The highest BCUT2D eigenvalue weighted by Crippen LogP contribution is 2.26. The Labute approximate surface area is 119 Å². The summed E-state index contributed by atoms with van der Waals surface area (Å²) in [6.07, 6.45) is 1.46. The molecule has 1 atom stereocenters. The average molecular weight is 290 g/mol. The quantitative estimate of drug-likeness (QED) is 0.823. The van der Waals surface area contributed by atoms with Crippen molar-refractivity contribution in [2.24, 2.45) is 0 Å². The zero-order chi connectivity index (χ0) is 13.8. The third kappa shape index (κ3) is 4.13. The minimum atomic E-state index is -0.653. The van der Waals surface area contributed by atoms with Gasteiger partial charge in [0.1, 0.15) is 0 Å². The lowest BCUT2D eigenvalue weighted by Crippen LogP contribution is -2.40. The third-order valence-corrected chi connectivity index (χ3v) is 4.06. The molecule has 1 rings (SSSR count). The molecule has 18 heavy (non-hydrogen) atoms. The zero-order valence-corrected chi connectivity index (χ0v) is 12.6. The van der Waals surface area contributed by atoms with E-state index in [4.69, 9.17) is 23.2 Å². The Hall–Kier alpha value is -0.280. The van der Waals surface area contributed by atoms with Crippen LogP contribution in [0.1, 0.15) is 45.2 Å². The van der Waals surface area contributed by atoms with Gasteiger partial charge in [0.2, 0.25) is 0 Å². The van der Waals surface area contributed by atoms with Gasteiger partial charge in [0, 0.05) is 22.6 Å². The van der Waals surface area contributed by atoms with Crippen molar-refractivity contribution < 1.29 is 5.11 Å². The Morgan fingerprint density at radius 1 is 1.28 bits per heavy atom. The number of hydrogen-bond donors (Lipinski definition) is 2. The van der Waals surface area contributed by atoms with Crippen LogP contribution in [0, 0.1) is 0 Å². The summed E-state index contributed by atoms with van der Waals surface area (Å²) in [5, 5.41) is 14.9. The van der Waals surface area contributed by atoms with E-state index in [1.54, 1.807) is 12.1 Å². The molecule has 0 bridgehead atoms. The lowest BCUT2D eigenvalue weighted by atomic mass is 9.96. The molecule has 0 aliphatic rings. The van der Waals surface area contributed by atoms with Crippen molar-refractivity contribution in [1.29, 1.82) is 0 Å². The van der Waals surface area contributed by atoms with Crippen molar-refractivity contribution in [3.05, 3.63) is 33.8 Å². The number of rotatable bonds is 6. The van der Waals surface area contributed by atoms with Crippen molar-refractivity contribution in [3.63, 3.8) is 0 Å². The van der Waals surface area contributed by atoms with E-state index in [1.807, 2.05) is 26.8 Å². The number of halogens is 2. The van der Waals surface area contributed by atoms with Crippen LogP contribution < -0.4 is 5.32 Å². The number of aliphatic hydroxyl groups is 1. The first kappa shape index (κ1) is 15.8. The molecule has 2 N–H and O–H groups in total. The monoisotopic (exact) mass is 289 g/mol. The van der Waals surface area contributed by atoms with Crippen LogP contribution in [0.15, 0.2) is 18.2 Å². The van der Waals surface area contributed by atoms with Crippen molar-refractivity contribution in [1.82, 2.24) is 5.32 Å². The molecule has 102 valence electrons. The molecule has 1 unspecified atom stereocenters. The maximum absolute atomic E-state index is 10.2. The minimum Gasteiger partial charge on any atom is -0.389 e. The number of hydrogen-bond acceptors (Lipinski definition) is 2. The van der Waals surface area contributed by atoms with Gasteiger partial charge >= 0.3 is 0 Å². The summed E-state index contributed by atoms with van der Waals surface area (Å²) in [6, 6.07) is 5.48. The van der Waals surface area contributed by atoms with Gasteiger partial charge in [0.05, 0.1) is 5.60 Å². The molecule has 2 nitrogen and oxygen atoms in total. The summed E-state index contributed by atoms with van der Waals surface area (Å²) in [7, 11) is 0. The smallest absolute Gasteiger partial charge is 0.0766 e. The fourth-order valence-electron chi connectivity index (χ4n) is 1.80. The average Bonchev–Trinajstić information content (AvgIpc) is 2.38. The summed E-state index contributed by atoms with van der Waals surface area (Å²) < 4.78 is 0. The normalized spacial score (nSPS) is 13.7. The second-order valence-electron chi connectivity index (χ2n) is 4.70. The highest BCUT2D eigenvalue weighted by molar-refractivity contribution is 6.33. The second-order valence-corrected chi connectivity index (χ2v) is 5.54. The van der Waals surface area contributed by atoms with E-state index in [0.29, 0.717) is 16.6 Å². The molecule has 0 saturated heterocycles. The predicted molar refractivity (Wildman–Crippen MR) is 78.4 cm³/mol. The van der Waals surface area contributed by atoms with Crippen LogP contribution in [-0.2, 0) is 0 Å². The van der Waals surface area contributed by atoms with E-state index >= 15 is 0 Å². The van der Waals surface area contributed by atoms with Crippen LogP contribution >= 0.6 is 23.2 Å². The van der Waals surface area contributed by atoms with Crippen LogP contribution in [-0.4, -0.2) is 17.3 Å². The summed E-state index contributed by atoms with van der Waals surface area (Å²) in [6.45, 7) is 6.54. The fraction of sp³-hybridized carbons (Fsp3) is 0.571. The van der Waals surface area contributed by atoms with E-state index in [9.17, 15) is 5.11 Å². The first-order valence-electron chi connectivity index (χ1n) is 6.32. The third-order valence-electron chi connectivity index (χ3n) is 3.48. The molecular weight excluding hydrogens is 269 g/mol. The van der Waals surface area contributed by atoms with Crippen LogP contribution in [0.2, 0.25) is 10.0 Å². The molecule has 0 radical (unpaired) electrons. The minimum absolute atomic E-state index is 0.0563. The topological polar surface area (TPSA) is 32.3 Å². The Morgan fingerprint density at radius 2 is 1.89 bits per heavy atom. The van der Waals surface area contributed by atoms with Crippen LogP contribution in [0.5, 0.6) is 0 Å². The molecule has 4 heteroatoms. The molecule has 1 aromatic rings. The summed E-state index contributed by atoms with van der Waals surface area (Å²) in [4.78, 5) is 0. The van der Waals surface area contributed by atoms with Crippen molar-refractivity contribution in [2.45, 2.75) is 45.3 Å². The summed E-state index contributed by atoms with van der Waals surface area (Å²) >= 11 is 12.1. The van der Waals surface area contributed by atoms with E-state index in [0.717, 1.165) is 18.4 Å². The second kappa shape index (κ2) is 6.76. The van der Waals surface area contributed by atoms with Gasteiger partial charge in [-0.1, -0.05) is 37.0 Å². The molecule has 0 spiro atoms. The standard InChI is InChI=1S/C14H21Cl2NO/c1-4-14(18,5-2)9-17-10(3)12-8-11(15)6-7-13(12)16/h6-8,10,17-18H,4-5,9H2,1-3H3. The van der Waals surface area contributed by atoms with Gasteiger partial charge in [0.15, 0.2) is 0 Å². The Kier molecular flexibility index (Phi) is 5.93. The molecule has 0 heterocycles. The van der Waals surface area contributed by atoms with E-state index in [-0.39, 0.29) is 6.04 Å². The Bertz CT molecular complexity index is 391. The Morgan fingerprint density at radius 3 is 2.44 bits per heavy atom. The van der Waals surface area contributed by atoms with Crippen molar-refractivity contribution >= 4 is 23.2 Å². The molecular formula is C14H21Cl2NO. The van der Waals surface area contributed by atoms with E-state index < -0.39 is 5.60 Å². The lowest BCUT2D eigenvalue weighted by molar-refractivity contribution is 0.0303. The molecule has 0 aromatic heterocycles. The lowest BCUT2D eigenvalue weighted by Gasteiger charge is -2.28. The van der Waals surface area contributed by atoms with Gasteiger partial charge in [-0.2, -0.15) is 0 Å². The maximum Gasteiger partial charge on any atom is 0.0766 e. The fourth-order valence-corrected chi connectivity index (χ4v) is 2.26. The van der Waals surface area contributed by atoms with Gasteiger partial charge < -0.3 is 10.4 Å². The largest absolute Gasteiger partial charge is 0.389 e. The highest BCUT2D eigenvalue weighted by Gasteiger charge is 2.23. The van der Waals surface area contributed by atoms with Crippen LogP contribution in [0.4, 0.5) is 0 Å². The molecule has 0 aliphatic carbocycles. The summed E-state index contributed by atoms with van der Waals surface area (Å²) in [5.41, 5.74) is 0.304. The van der Waals surface area contributed by atoms with Gasteiger partial charge in [-0.05, 0) is 43.5 Å². The Balaban J connectivity index is 2.71. The van der Waals surface area contributed by atoms with Gasteiger partial charge in [-0.15, -0.1) is 0 Å². The molecule has 0 amide bonds. The highest BCUT2D eigenvalue weighted by atomic mass is 35.5. The summed E-state index contributed by atoms with van der Waals surface area (Å²) in [5.74, 6) is 0. The van der Waals surface area contributed by atoms with Crippen molar-refractivity contribution in [2.75, 3.05) is 6.54 Å². The van der Waals surface area contributed by atoms with Crippen molar-refractivity contribution in [3.8, 4) is 0 Å². The van der Waals surface area contributed by atoms with Gasteiger partial charge in [-0.3, -0.25) is 0 Å². The van der Waals surface area contributed by atoms with Gasteiger partial charge in [-0.25, -0.2) is 0 Å². The predicted octanol–water partition coefficient (Wildman–Crippen LogP) is 4.20. The first-order chi connectivity index (χ1) is 8.41. The zero-order valence-electron chi connectivity index (χ0n) is 11.1. The SMILES string of the molecule is CCC(O)(CC)CNC(C)c1cc(Cl)ccc1Cl. The van der Waals surface area contributed by atoms with E-state index in [2.05, 4.69) is 5.32 Å². The molecule has 0 fully saturated rings. The van der Waals surface area contributed by atoms with Crippen LogP contribution in [0.3, 0.4) is 0 Å². The van der Waals surface area contributed by atoms with E-state index in [1.165, 1.54) is 0 Å². The maximum atomic E-state index is 10.2. The first-order valence-corrected chi connectivity index (χ1v) is 7.08. The molecule has 0 saturated carbocycles. The number of benzene rings is 1. The van der Waals surface area contributed by atoms with Gasteiger partial charge in [0.25, 0.3) is 0 Å². The number of nitrogens with one attached hydrogen (secondary N) is 1. The molecule has 1 aromatic carbocycles. The van der Waals surface area contributed by atoms with Crippen LogP contribution in [0.25, 0.3) is 0 Å². The molecule has 0 aliphatic heterocycles.